The van der Waals surface area contributed by atoms with Crippen molar-refractivity contribution in [3.05, 3.63) is 54.2 Å². The second kappa shape index (κ2) is 4.26. The monoisotopic (exact) mass is 239 g/mol. The molecule has 0 unspecified atom stereocenters. The predicted molar refractivity (Wildman–Crippen MR) is 68.2 cm³/mol. The van der Waals surface area contributed by atoms with E-state index >= 15 is 0 Å². The van der Waals surface area contributed by atoms with Crippen molar-refractivity contribution in [2.24, 2.45) is 5.92 Å². The van der Waals surface area contributed by atoms with Crippen LogP contribution in [0.25, 0.3) is 11.3 Å². The Morgan fingerprint density at radius 3 is 2.56 bits per heavy atom. The highest BCUT2D eigenvalue weighted by atomic mass is 16.4. The third kappa shape index (κ3) is 1.99. The van der Waals surface area contributed by atoms with Crippen molar-refractivity contribution in [1.82, 2.24) is 4.98 Å². The van der Waals surface area contributed by atoms with Crippen molar-refractivity contribution in [1.29, 1.82) is 0 Å². The van der Waals surface area contributed by atoms with Gasteiger partial charge in [-0.2, -0.15) is 0 Å². The van der Waals surface area contributed by atoms with Gasteiger partial charge in [0.05, 0.1) is 11.6 Å². The van der Waals surface area contributed by atoms with E-state index < -0.39 is 5.97 Å². The molecule has 1 aliphatic carbocycles. The highest BCUT2D eigenvalue weighted by molar-refractivity contribution is 5.75. The Balaban J connectivity index is 1.89. The van der Waals surface area contributed by atoms with E-state index in [-0.39, 0.29) is 11.8 Å². The molecule has 3 nitrogen and oxygen atoms in total. The molecule has 2 aromatic rings. The smallest absolute Gasteiger partial charge is 0.307 e. The third-order valence-electron chi connectivity index (χ3n) is 3.33. The van der Waals surface area contributed by atoms with Crippen LogP contribution in [0.1, 0.15) is 18.0 Å². The first-order valence-corrected chi connectivity index (χ1v) is 6.01. The number of aliphatic carboxylic acids is 1. The predicted octanol–water partition coefficient (Wildman–Crippen LogP) is 2.94. The lowest BCUT2D eigenvalue weighted by Crippen LogP contribution is -2.00. The lowest BCUT2D eigenvalue weighted by Gasteiger charge is -2.03. The van der Waals surface area contributed by atoms with Crippen molar-refractivity contribution in [2.45, 2.75) is 12.3 Å². The van der Waals surface area contributed by atoms with Crippen LogP contribution in [0.3, 0.4) is 0 Å². The summed E-state index contributed by atoms with van der Waals surface area (Å²) in [4.78, 5) is 15.4. The highest BCUT2D eigenvalue weighted by Crippen LogP contribution is 2.47. The van der Waals surface area contributed by atoms with Crippen LogP contribution in [-0.4, -0.2) is 16.1 Å². The van der Waals surface area contributed by atoms with Crippen LogP contribution in [0.4, 0.5) is 0 Å². The Kier molecular flexibility index (Phi) is 2.59. The third-order valence-corrected chi connectivity index (χ3v) is 3.33. The van der Waals surface area contributed by atoms with E-state index in [2.05, 4.69) is 4.98 Å². The molecule has 1 aromatic carbocycles. The van der Waals surface area contributed by atoms with Gasteiger partial charge in [-0.05, 0) is 18.6 Å². The highest BCUT2D eigenvalue weighted by Gasteiger charge is 2.45. The standard InChI is InChI=1S/C15H13NO2/c17-15(18)12-9-11(12)14-8-4-7-13(16-14)10-5-2-1-3-6-10/h1-8,11-12H,9H2,(H,17,18)/t11-,12+/m0/s1. The van der Waals surface area contributed by atoms with Crippen molar-refractivity contribution in [3.63, 3.8) is 0 Å². The first-order valence-electron chi connectivity index (χ1n) is 6.01. The molecule has 3 rings (SSSR count). The van der Waals surface area contributed by atoms with E-state index in [1.807, 2.05) is 48.5 Å². The summed E-state index contributed by atoms with van der Waals surface area (Å²) >= 11 is 0. The van der Waals surface area contributed by atoms with E-state index in [1.54, 1.807) is 0 Å². The molecule has 3 heteroatoms. The molecule has 0 amide bonds. The molecule has 2 atom stereocenters. The normalized spacial score (nSPS) is 21.6. The minimum atomic E-state index is -0.716. The number of hydrogen-bond acceptors (Lipinski definition) is 2. The minimum absolute atomic E-state index is 0.0890. The largest absolute Gasteiger partial charge is 0.481 e. The Labute approximate surface area is 105 Å². The van der Waals surface area contributed by atoms with Gasteiger partial charge in [-0.3, -0.25) is 9.78 Å². The molecule has 1 aliphatic rings. The number of rotatable bonds is 3. The summed E-state index contributed by atoms with van der Waals surface area (Å²) in [6, 6.07) is 15.7. The van der Waals surface area contributed by atoms with Crippen molar-refractivity contribution in [2.75, 3.05) is 0 Å². The molecule has 1 saturated carbocycles. The second-order valence-electron chi connectivity index (χ2n) is 4.60. The van der Waals surface area contributed by atoms with Gasteiger partial charge in [-0.1, -0.05) is 36.4 Å². The van der Waals surface area contributed by atoms with Crippen LogP contribution in [0.5, 0.6) is 0 Å². The molecule has 0 aliphatic heterocycles. The van der Waals surface area contributed by atoms with Crippen molar-refractivity contribution >= 4 is 5.97 Å². The van der Waals surface area contributed by atoms with E-state index in [9.17, 15) is 4.79 Å². The summed E-state index contributed by atoms with van der Waals surface area (Å²) in [5.74, 6) is -0.874. The molecule has 1 aromatic heterocycles. The summed E-state index contributed by atoms with van der Waals surface area (Å²) in [6.45, 7) is 0. The SMILES string of the molecule is O=C(O)[C@@H]1C[C@@H]1c1cccc(-c2ccccc2)n1. The van der Waals surface area contributed by atoms with Crippen LogP contribution in [0, 0.1) is 5.92 Å². The van der Waals surface area contributed by atoms with Gasteiger partial charge in [-0.25, -0.2) is 0 Å². The zero-order chi connectivity index (χ0) is 12.5. The molecule has 0 radical (unpaired) electrons. The van der Waals surface area contributed by atoms with Crippen LogP contribution in [0.15, 0.2) is 48.5 Å². The first-order chi connectivity index (χ1) is 8.75. The minimum Gasteiger partial charge on any atom is -0.481 e. The molecule has 90 valence electrons. The fraction of sp³-hybridized carbons (Fsp3) is 0.200. The number of nitrogens with zero attached hydrogens (tertiary/aromatic N) is 1. The average Bonchev–Trinajstić information content (AvgIpc) is 3.20. The zero-order valence-corrected chi connectivity index (χ0v) is 9.78. The molecular weight excluding hydrogens is 226 g/mol. The summed E-state index contributed by atoms with van der Waals surface area (Å²) in [6.07, 6.45) is 0.709. The van der Waals surface area contributed by atoms with Crippen molar-refractivity contribution in [3.8, 4) is 11.3 Å². The average molecular weight is 239 g/mol. The molecule has 18 heavy (non-hydrogen) atoms. The van der Waals surface area contributed by atoms with E-state index in [0.29, 0.717) is 6.42 Å². The zero-order valence-electron chi connectivity index (χ0n) is 9.78. The quantitative estimate of drug-likeness (QED) is 0.895. The Hall–Kier alpha value is -2.16. The topological polar surface area (TPSA) is 50.2 Å². The molecule has 0 bridgehead atoms. The number of pyridine rings is 1. The molecule has 1 fully saturated rings. The summed E-state index contributed by atoms with van der Waals surface area (Å²) in [7, 11) is 0. The second-order valence-corrected chi connectivity index (χ2v) is 4.60. The lowest BCUT2D eigenvalue weighted by molar-refractivity contribution is -0.138. The van der Waals surface area contributed by atoms with Crippen LogP contribution in [-0.2, 0) is 4.79 Å². The number of aromatic nitrogens is 1. The number of carboxylic acids is 1. The van der Waals surface area contributed by atoms with Crippen LogP contribution >= 0.6 is 0 Å². The number of carboxylic acid groups (broad SMARTS) is 1. The molecular formula is C15H13NO2. The van der Waals surface area contributed by atoms with E-state index in [4.69, 9.17) is 5.11 Å². The molecule has 0 saturated heterocycles. The maximum Gasteiger partial charge on any atom is 0.307 e. The summed E-state index contributed by atoms with van der Waals surface area (Å²) in [5, 5.41) is 8.94. The lowest BCUT2D eigenvalue weighted by atomic mass is 10.1. The fourth-order valence-electron chi connectivity index (χ4n) is 2.22. The van der Waals surface area contributed by atoms with E-state index in [1.165, 1.54) is 0 Å². The van der Waals surface area contributed by atoms with E-state index in [0.717, 1.165) is 17.0 Å². The van der Waals surface area contributed by atoms with Gasteiger partial charge in [-0.15, -0.1) is 0 Å². The first kappa shape index (κ1) is 11.0. The van der Waals surface area contributed by atoms with Gasteiger partial charge in [0, 0.05) is 17.2 Å². The van der Waals surface area contributed by atoms with Gasteiger partial charge >= 0.3 is 5.97 Å². The van der Waals surface area contributed by atoms with Gasteiger partial charge in [0.15, 0.2) is 0 Å². The molecule has 0 spiro atoms. The van der Waals surface area contributed by atoms with Gasteiger partial charge in [0.2, 0.25) is 0 Å². The summed E-state index contributed by atoms with van der Waals surface area (Å²) in [5.41, 5.74) is 2.86. The number of hydrogen-bond donors (Lipinski definition) is 1. The number of benzene rings is 1. The molecule has 1 heterocycles. The van der Waals surface area contributed by atoms with Crippen LogP contribution in [0.2, 0.25) is 0 Å². The van der Waals surface area contributed by atoms with Gasteiger partial charge in [0.25, 0.3) is 0 Å². The van der Waals surface area contributed by atoms with Crippen molar-refractivity contribution < 1.29 is 9.90 Å². The van der Waals surface area contributed by atoms with Gasteiger partial charge < -0.3 is 5.11 Å². The summed E-state index contributed by atoms with van der Waals surface area (Å²) < 4.78 is 0. The van der Waals surface area contributed by atoms with Crippen LogP contribution < -0.4 is 0 Å². The maximum absolute atomic E-state index is 10.9. The Morgan fingerprint density at radius 1 is 1.11 bits per heavy atom. The Morgan fingerprint density at radius 2 is 1.89 bits per heavy atom. The Bertz CT molecular complexity index is 580. The number of carbonyl (C=O) groups is 1. The fourth-order valence-corrected chi connectivity index (χ4v) is 2.22. The maximum atomic E-state index is 10.9. The molecule has 1 N–H and O–H groups in total. The van der Waals surface area contributed by atoms with Gasteiger partial charge in [0.1, 0.15) is 0 Å².